The predicted molar refractivity (Wildman–Crippen MR) is 161 cm³/mol. The third-order valence-electron chi connectivity index (χ3n) is 9.42. The van der Waals surface area contributed by atoms with Gasteiger partial charge >= 0.3 is 0 Å². The molecule has 3 N–H and O–H groups in total. The van der Waals surface area contributed by atoms with E-state index in [2.05, 4.69) is 75.3 Å². The smallest absolute Gasteiger partial charge is 0.162 e. The Bertz CT molecular complexity index is 1420. The minimum atomic E-state index is 0.183. The van der Waals surface area contributed by atoms with E-state index < -0.39 is 0 Å². The quantitative estimate of drug-likeness (QED) is 0.0916. The maximum atomic E-state index is 8.22. The number of aromatic nitrogens is 2. The van der Waals surface area contributed by atoms with Crippen LogP contribution in [0.25, 0.3) is 22.3 Å². The first-order valence-electron chi connectivity index (χ1n) is 14.1. The van der Waals surface area contributed by atoms with Crippen LogP contribution in [0.5, 0.6) is 0 Å². The van der Waals surface area contributed by atoms with Gasteiger partial charge in [-0.1, -0.05) is 59.3 Å². The average Bonchev–Trinajstić information content (AvgIpc) is 2.86. The normalized spacial score (nSPS) is 29.4. The highest BCUT2D eigenvalue weighted by Gasteiger charge is 2.59. The number of fused-ring (bicyclic) bond motifs is 1. The topological polar surface area (TPSA) is 104 Å². The van der Waals surface area contributed by atoms with Crippen molar-refractivity contribution >= 4 is 38.5 Å². The minimum absolute atomic E-state index is 0.183. The zero-order valence-electron chi connectivity index (χ0n) is 23.0. The van der Waals surface area contributed by atoms with Gasteiger partial charge in [-0.25, -0.2) is 9.97 Å². The van der Waals surface area contributed by atoms with E-state index in [1.165, 1.54) is 38.5 Å². The second kappa shape index (κ2) is 9.95. The molecular weight excluding hydrogens is 550 g/mol. The first kappa shape index (κ1) is 26.4. The van der Waals surface area contributed by atoms with Crippen molar-refractivity contribution in [2.24, 2.45) is 38.3 Å². The largest absolute Gasteiger partial charge is 0.356 e. The van der Waals surface area contributed by atoms with Gasteiger partial charge in [0.05, 0.1) is 5.52 Å². The zero-order valence-corrected chi connectivity index (χ0v) is 24.5. The van der Waals surface area contributed by atoms with E-state index in [4.69, 9.17) is 21.2 Å². The van der Waals surface area contributed by atoms with Crippen molar-refractivity contribution in [2.45, 2.75) is 65.2 Å². The lowest BCUT2D eigenvalue weighted by molar-refractivity contribution is -0.146. The summed E-state index contributed by atoms with van der Waals surface area (Å²) < 4.78 is 1.000. The van der Waals surface area contributed by atoms with E-state index in [1.807, 2.05) is 18.2 Å². The molecule has 4 aliphatic carbocycles. The number of nitrogens with zero attached hydrogens (tertiary/aromatic N) is 5. The summed E-state index contributed by atoms with van der Waals surface area (Å²) in [6.45, 7) is 6.61. The Hall–Kier alpha value is -2.87. The average molecular weight is 589 g/mol. The Morgan fingerprint density at radius 1 is 1.03 bits per heavy atom. The van der Waals surface area contributed by atoms with Crippen LogP contribution < -0.4 is 10.7 Å². The molecule has 4 fully saturated rings. The lowest BCUT2D eigenvalue weighted by Gasteiger charge is -2.65. The second-order valence-electron chi connectivity index (χ2n) is 13.2. The number of amidine groups is 1. The van der Waals surface area contributed by atoms with E-state index in [0.717, 1.165) is 45.6 Å². The summed E-state index contributed by atoms with van der Waals surface area (Å²) in [4.78, 5) is 12.5. The highest BCUT2D eigenvalue weighted by Crippen LogP contribution is 2.70. The summed E-state index contributed by atoms with van der Waals surface area (Å²) in [6, 6.07) is 16.4. The third kappa shape index (κ3) is 5.32. The van der Waals surface area contributed by atoms with Crippen LogP contribution >= 0.6 is 15.9 Å². The molecule has 0 saturated heterocycles. The Morgan fingerprint density at radius 3 is 2.51 bits per heavy atom. The number of nitrogens with two attached hydrogens (primary N) is 1. The monoisotopic (exact) mass is 587 g/mol. The first-order chi connectivity index (χ1) is 18.7. The molecule has 2 aromatic carbocycles. The summed E-state index contributed by atoms with van der Waals surface area (Å²) >= 11 is 3.60. The van der Waals surface area contributed by atoms with Gasteiger partial charge in [-0.15, -0.1) is 5.11 Å². The van der Waals surface area contributed by atoms with E-state index in [0.29, 0.717) is 35.0 Å². The Morgan fingerprint density at radius 2 is 1.79 bits per heavy atom. The number of hydrogen-bond donors (Lipinski definition) is 2. The number of anilines is 1. The number of hydrogen-bond acceptors (Lipinski definition) is 5. The van der Waals surface area contributed by atoms with Crippen molar-refractivity contribution in [3.63, 3.8) is 0 Å². The number of benzene rings is 2. The lowest BCUT2D eigenvalue weighted by atomic mass is 9.40. The molecule has 1 heterocycles. The van der Waals surface area contributed by atoms with Gasteiger partial charge < -0.3 is 10.7 Å². The van der Waals surface area contributed by atoms with E-state index in [1.54, 1.807) is 0 Å². The molecule has 7 rings (SSSR count). The molecule has 3 aromatic rings. The Balaban J connectivity index is 1.37. The SMILES string of the molecule is CC12CC3CC(C)(C1)CC(CCN(CCC(=N)N=NN)c1nc(-c4cccc(Br)c4)nc4ccccc14)(C3)C2. The molecule has 2 atom stereocenters. The van der Waals surface area contributed by atoms with Crippen LogP contribution in [-0.4, -0.2) is 28.9 Å². The summed E-state index contributed by atoms with van der Waals surface area (Å²) in [5.41, 5.74) is 3.26. The maximum absolute atomic E-state index is 8.22. The predicted octanol–water partition coefficient (Wildman–Crippen LogP) is 7.95. The molecule has 4 aliphatic rings. The fourth-order valence-corrected chi connectivity index (χ4v) is 9.48. The standard InChI is InChI=1S/C31H38BrN7/c1-29-15-21-16-30(2,18-29)20-31(17-21,19-29)11-13-39(12-10-26(33)37-38-34)28-24-8-3-4-9-25(24)35-27(36-28)22-6-5-7-23(32)14-22/h3-9,14,21H,10-13,15-20H2,1-2H3,(H3,33,34,37). The van der Waals surface area contributed by atoms with Crippen LogP contribution in [-0.2, 0) is 0 Å². The van der Waals surface area contributed by atoms with Gasteiger partial charge in [0.1, 0.15) is 11.7 Å². The Kier molecular flexibility index (Phi) is 6.72. The van der Waals surface area contributed by atoms with Crippen LogP contribution in [0.2, 0.25) is 0 Å². The van der Waals surface area contributed by atoms with Gasteiger partial charge in [-0.3, -0.25) is 5.41 Å². The molecule has 0 spiro atoms. The molecule has 7 nitrogen and oxygen atoms in total. The summed E-state index contributed by atoms with van der Waals surface area (Å²) in [5.74, 6) is 7.94. The van der Waals surface area contributed by atoms with Gasteiger partial charge in [0, 0.05) is 34.9 Å². The highest BCUT2D eigenvalue weighted by molar-refractivity contribution is 9.10. The van der Waals surface area contributed by atoms with Gasteiger partial charge in [0.2, 0.25) is 0 Å². The van der Waals surface area contributed by atoms with E-state index in [9.17, 15) is 0 Å². The molecule has 204 valence electrons. The fourth-order valence-electron chi connectivity index (χ4n) is 9.08. The molecule has 8 heteroatoms. The van der Waals surface area contributed by atoms with Crippen LogP contribution in [0.1, 0.15) is 65.2 Å². The van der Waals surface area contributed by atoms with Crippen molar-refractivity contribution in [1.82, 2.24) is 9.97 Å². The second-order valence-corrected chi connectivity index (χ2v) is 14.1. The summed E-state index contributed by atoms with van der Waals surface area (Å²) in [7, 11) is 0. The molecule has 4 bridgehead atoms. The van der Waals surface area contributed by atoms with Gasteiger partial charge in [-0.2, -0.15) is 0 Å². The third-order valence-corrected chi connectivity index (χ3v) is 9.91. The number of halogens is 1. The minimum Gasteiger partial charge on any atom is -0.356 e. The van der Waals surface area contributed by atoms with Crippen LogP contribution in [0.3, 0.4) is 0 Å². The van der Waals surface area contributed by atoms with E-state index >= 15 is 0 Å². The zero-order chi connectivity index (χ0) is 27.3. The molecular formula is C31H38BrN7. The first-order valence-corrected chi connectivity index (χ1v) is 14.9. The van der Waals surface area contributed by atoms with Crippen molar-refractivity contribution in [1.29, 1.82) is 5.41 Å². The fraction of sp³-hybridized carbons (Fsp3) is 0.516. The van der Waals surface area contributed by atoms with Crippen LogP contribution in [0.4, 0.5) is 5.82 Å². The van der Waals surface area contributed by atoms with E-state index in [-0.39, 0.29) is 5.84 Å². The summed E-state index contributed by atoms with van der Waals surface area (Å²) in [6.07, 6.45) is 9.83. The number of rotatable bonds is 8. The molecule has 0 radical (unpaired) electrons. The van der Waals surface area contributed by atoms with Crippen molar-refractivity contribution in [3.05, 3.63) is 53.0 Å². The molecule has 1 aromatic heterocycles. The molecule has 0 amide bonds. The number of para-hydroxylation sites is 1. The molecule has 0 aliphatic heterocycles. The lowest BCUT2D eigenvalue weighted by Crippen LogP contribution is -2.55. The van der Waals surface area contributed by atoms with Crippen molar-refractivity contribution in [3.8, 4) is 11.4 Å². The molecule has 4 saturated carbocycles. The summed E-state index contributed by atoms with van der Waals surface area (Å²) in [5, 5.41) is 16.4. The van der Waals surface area contributed by atoms with Gasteiger partial charge in [0.15, 0.2) is 5.82 Å². The van der Waals surface area contributed by atoms with Gasteiger partial charge in [0.25, 0.3) is 0 Å². The molecule has 2 unspecified atom stereocenters. The Labute approximate surface area is 239 Å². The number of nitrogens with one attached hydrogen (secondary N) is 1. The van der Waals surface area contributed by atoms with Crippen molar-refractivity contribution in [2.75, 3.05) is 18.0 Å². The maximum Gasteiger partial charge on any atom is 0.162 e. The van der Waals surface area contributed by atoms with Gasteiger partial charge in [-0.05, 0) is 91.4 Å². The highest BCUT2D eigenvalue weighted by atomic mass is 79.9. The van der Waals surface area contributed by atoms with Crippen molar-refractivity contribution < 1.29 is 0 Å². The van der Waals surface area contributed by atoms with Crippen LogP contribution in [0.15, 0.2) is 63.3 Å². The molecule has 39 heavy (non-hydrogen) atoms. The van der Waals surface area contributed by atoms with Crippen LogP contribution in [0, 0.1) is 27.6 Å².